The van der Waals surface area contributed by atoms with Gasteiger partial charge in [0.05, 0.1) is 17.1 Å². The molecule has 0 atom stereocenters. The van der Waals surface area contributed by atoms with Gasteiger partial charge in [0.15, 0.2) is 0 Å². The van der Waals surface area contributed by atoms with Crippen LogP contribution < -0.4 is 16.4 Å². The van der Waals surface area contributed by atoms with E-state index >= 15 is 0 Å². The number of rotatable bonds is 6. The zero-order valence-corrected chi connectivity index (χ0v) is 9.27. The smallest absolute Gasteiger partial charge is 0.276 e. The Morgan fingerprint density at radius 2 is 2.18 bits per heavy atom. The molecule has 1 aromatic rings. The SMILES string of the molecule is CNc1cc([N+](=O)[O-])cc(NCCC(N)=O)n1. The van der Waals surface area contributed by atoms with Gasteiger partial charge < -0.3 is 16.4 Å². The molecule has 0 radical (unpaired) electrons. The average molecular weight is 239 g/mol. The maximum Gasteiger partial charge on any atom is 0.276 e. The van der Waals surface area contributed by atoms with Crippen molar-refractivity contribution in [3.8, 4) is 0 Å². The zero-order chi connectivity index (χ0) is 12.8. The summed E-state index contributed by atoms with van der Waals surface area (Å²) in [5, 5.41) is 16.2. The van der Waals surface area contributed by atoms with Crippen LogP contribution in [0.5, 0.6) is 0 Å². The second-order valence-electron chi connectivity index (χ2n) is 3.25. The molecule has 0 aliphatic heterocycles. The number of nitrogens with zero attached hydrogens (tertiary/aromatic N) is 2. The molecule has 0 unspecified atom stereocenters. The molecule has 0 aromatic carbocycles. The molecule has 0 fully saturated rings. The number of carbonyl (C=O) groups is 1. The Morgan fingerprint density at radius 1 is 1.53 bits per heavy atom. The summed E-state index contributed by atoms with van der Waals surface area (Å²) < 4.78 is 0. The molecule has 0 spiro atoms. The molecule has 1 aromatic heterocycles. The molecule has 1 heterocycles. The van der Waals surface area contributed by atoms with Crippen LogP contribution in [0.25, 0.3) is 0 Å². The summed E-state index contributed by atoms with van der Waals surface area (Å²) in [6, 6.07) is 2.61. The number of amides is 1. The van der Waals surface area contributed by atoms with Gasteiger partial charge in [-0.05, 0) is 0 Å². The molecular formula is C9H13N5O3. The van der Waals surface area contributed by atoms with Gasteiger partial charge in [-0.1, -0.05) is 0 Å². The lowest BCUT2D eigenvalue weighted by Gasteiger charge is -2.06. The Kier molecular flexibility index (Phi) is 4.21. The number of nitro groups is 1. The predicted octanol–water partition coefficient (Wildman–Crippen LogP) is 0.319. The lowest BCUT2D eigenvalue weighted by molar-refractivity contribution is -0.384. The molecule has 4 N–H and O–H groups in total. The molecule has 8 nitrogen and oxygen atoms in total. The third-order valence-electron chi connectivity index (χ3n) is 1.95. The van der Waals surface area contributed by atoms with E-state index in [1.807, 2.05) is 0 Å². The zero-order valence-electron chi connectivity index (χ0n) is 9.27. The normalized spacial score (nSPS) is 9.71. The fraction of sp³-hybridized carbons (Fsp3) is 0.333. The Balaban J connectivity index is 2.80. The molecule has 0 saturated heterocycles. The Labute approximate surface area is 97.4 Å². The van der Waals surface area contributed by atoms with Crippen LogP contribution in [0.1, 0.15) is 6.42 Å². The molecular weight excluding hydrogens is 226 g/mol. The quantitative estimate of drug-likeness (QED) is 0.485. The highest BCUT2D eigenvalue weighted by atomic mass is 16.6. The van der Waals surface area contributed by atoms with Crippen molar-refractivity contribution in [2.24, 2.45) is 5.73 Å². The van der Waals surface area contributed by atoms with E-state index in [4.69, 9.17) is 5.73 Å². The van der Waals surface area contributed by atoms with E-state index in [0.717, 1.165) is 0 Å². The minimum atomic E-state index is -0.512. The number of hydrogen-bond acceptors (Lipinski definition) is 6. The summed E-state index contributed by atoms with van der Waals surface area (Å²) in [6.07, 6.45) is 0.138. The van der Waals surface area contributed by atoms with Gasteiger partial charge in [-0.15, -0.1) is 0 Å². The van der Waals surface area contributed by atoms with Crippen LogP contribution in [0.2, 0.25) is 0 Å². The van der Waals surface area contributed by atoms with Gasteiger partial charge in [0.25, 0.3) is 5.69 Å². The highest BCUT2D eigenvalue weighted by Crippen LogP contribution is 2.20. The standard InChI is InChI=1S/C9H13N5O3/c1-11-8-4-6(14(16)17)5-9(13-8)12-3-2-7(10)15/h4-5H,2-3H2,1H3,(H2,10,15)(H2,11,12,13). The number of carbonyl (C=O) groups excluding carboxylic acids is 1. The number of pyridine rings is 1. The van der Waals surface area contributed by atoms with Crippen molar-refractivity contribution in [2.45, 2.75) is 6.42 Å². The molecule has 0 aliphatic carbocycles. The topological polar surface area (TPSA) is 123 Å². The molecule has 92 valence electrons. The van der Waals surface area contributed by atoms with Crippen LogP contribution in [-0.4, -0.2) is 29.4 Å². The average Bonchev–Trinajstić information content (AvgIpc) is 2.28. The number of hydrogen-bond donors (Lipinski definition) is 3. The van der Waals surface area contributed by atoms with Gasteiger partial charge in [0, 0.05) is 20.0 Å². The van der Waals surface area contributed by atoms with E-state index < -0.39 is 10.8 Å². The maximum absolute atomic E-state index is 10.7. The predicted molar refractivity (Wildman–Crippen MR) is 62.7 cm³/mol. The second-order valence-corrected chi connectivity index (χ2v) is 3.25. The second kappa shape index (κ2) is 5.64. The van der Waals surface area contributed by atoms with Gasteiger partial charge in [0.1, 0.15) is 11.6 Å². The van der Waals surface area contributed by atoms with E-state index in [0.29, 0.717) is 11.6 Å². The van der Waals surface area contributed by atoms with Gasteiger partial charge >= 0.3 is 0 Å². The first-order chi connectivity index (χ1) is 8.02. The van der Waals surface area contributed by atoms with Gasteiger partial charge in [-0.3, -0.25) is 14.9 Å². The number of primary amides is 1. The summed E-state index contributed by atoms with van der Waals surface area (Å²) >= 11 is 0. The number of aromatic nitrogens is 1. The van der Waals surface area contributed by atoms with E-state index in [1.165, 1.54) is 12.1 Å². The molecule has 0 aliphatic rings. The van der Waals surface area contributed by atoms with Crippen LogP contribution >= 0.6 is 0 Å². The van der Waals surface area contributed by atoms with Crippen LogP contribution in [-0.2, 0) is 4.79 Å². The Morgan fingerprint density at radius 3 is 2.71 bits per heavy atom. The minimum absolute atomic E-state index is 0.0778. The van der Waals surface area contributed by atoms with E-state index in [2.05, 4.69) is 15.6 Å². The Bertz CT molecular complexity index is 435. The van der Waals surface area contributed by atoms with Crippen molar-refractivity contribution in [2.75, 3.05) is 24.2 Å². The van der Waals surface area contributed by atoms with E-state index in [1.54, 1.807) is 7.05 Å². The van der Waals surface area contributed by atoms with Gasteiger partial charge in [-0.2, -0.15) is 0 Å². The largest absolute Gasteiger partial charge is 0.373 e. The highest BCUT2D eigenvalue weighted by Gasteiger charge is 2.10. The van der Waals surface area contributed by atoms with Crippen molar-refractivity contribution >= 4 is 23.2 Å². The number of nitrogens with two attached hydrogens (primary N) is 1. The summed E-state index contributed by atoms with van der Waals surface area (Å²) in [4.78, 5) is 24.7. The summed E-state index contributed by atoms with van der Waals surface area (Å²) in [7, 11) is 1.61. The fourth-order valence-electron chi connectivity index (χ4n) is 1.15. The van der Waals surface area contributed by atoms with Crippen molar-refractivity contribution in [1.82, 2.24) is 4.98 Å². The first-order valence-electron chi connectivity index (χ1n) is 4.89. The molecule has 0 bridgehead atoms. The van der Waals surface area contributed by atoms with Crippen molar-refractivity contribution in [3.05, 3.63) is 22.2 Å². The summed E-state index contributed by atoms with van der Waals surface area (Å²) in [5.41, 5.74) is 4.89. The monoisotopic (exact) mass is 239 g/mol. The highest BCUT2D eigenvalue weighted by molar-refractivity contribution is 5.74. The van der Waals surface area contributed by atoms with Crippen LogP contribution in [0, 0.1) is 10.1 Å². The van der Waals surface area contributed by atoms with Crippen LogP contribution in [0.4, 0.5) is 17.3 Å². The van der Waals surface area contributed by atoms with Crippen LogP contribution in [0.15, 0.2) is 12.1 Å². The maximum atomic E-state index is 10.7. The Hall–Kier alpha value is -2.38. The van der Waals surface area contributed by atoms with Gasteiger partial charge in [0.2, 0.25) is 5.91 Å². The summed E-state index contributed by atoms with van der Waals surface area (Å²) in [6.45, 7) is 0.284. The first kappa shape index (κ1) is 12.7. The fourth-order valence-corrected chi connectivity index (χ4v) is 1.15. The van der Waals surface area contributed by atoms with Crippen molar-refractivity contribution in [3.63, 3.8) is 0 Å². The van der Waals surface area contributed by atoms with Crippen molar-refractivity contribution < 1.29 is 9.72 Å². The van der Waals surface area contributed by atoms with Crippen molar-refractivity contribution in [1.29, 1.82) is 0 Å². The molecule has 1 rings (SSSR count). The third kappa shape index (κ3) is 3.93. The lowest BCUT2D eigenvalue weighted by Crippen LogP contribution is -2.16. The third-order valence-corrected chi connectivity index (χ3v) is 1.95. The van der Waals surface area contributed by atoms with E-state index in [-0.39, 0.29) is 18.7 Å². The van der Waals surface area contributed by atoms with Crippen LogP contribution in [0.3, 0.4) is 0 Å². The lowest BCUT2D eigenvalue weighted by atomic mass is 10.3. The number of nitrogens with one attached hydrogen (secondary N) is 2. The molecule has 1 amide bonds. The molecule has 0 saturated carbocycles. The molecule has 17 heavy (non-hydrogen) atoms. The minimum Gasteiger partial charge on any atom is -0.373 e. The molecule has 8 heteroatoms. The summed E-state index contributed by atoms with van der Waals surface area (Å²) in [5.74, 6) is 0.252. The first-order valence-corrected chi connectivity index (χ1v) is 4.89. The van der Waals surface area contributed by atoms with E-state index in [9.17, 15) is 14.9 Å². The number of anilines is 2. The van der Waals surface area contributed by atoms with Gasteiger partial charge in [-0.25, -0.2) is 4.98 Å².